The Morgan fingerprint density at radius 3 is 2.20 bits per heavy atom. The average Bonchev–Trinajstić information content (AvgIpc) is 2.15. The van der Waals surface area contributed by atoms with Gasteiger partial charge in [0.05, 0.1) is 0 Å². The summed E-state index contributed by atoms with van der Waals surface area (Å²) >= 11 is 0. The minimum Gasteiger partial charge on any atom is -0.479 e. The zero-order valence-electron chi connectivity index (χ0n) is 8.14. The Labute approximate surface area is 85.2 Å². The maximum Gasteiger partial charge on any atom is 0.411 e. The number of carbonyl (C=O) groups is 1. The van der Waals surface area contributed by atoms with Crippen molar-refractivity contribution in [2.45, 2.75) is 43.9 Å². The molecule has 0 heterocycles. The van der Waals surface area contributed by atoms with E-state index < -0.39 is 24.4 Å². The van der Waals surface area contributed by atoms with Crippen molar-refractivity contribution in [3.8, 4) is 0 Å². The molecule has 15 heavy (non-hydrogen) atoms. The molecule has 0 atom stereocenters. The first kappa shape index (κ1) is 12.3. The molecule has 0 bridgehead atoms. The Morgan fingerprint density at radius 2 is 1.80 bits per heavy atom. The van der Waals surface area contributed by atoms with Crippen molar-refractivity contribution in [1.29, 1.82) is 0 Å². The summed E-state index contributed by atoms with van der Waals surface area (Å²) in [7, 11) is 0. The Hall–Kier alpha value is -0.780. The Balaban J connectivity index is 2.61. The lowest BCUT2D eigenvalue weighted by Crippen LogP contribution is -2.45. The molecule has 1 aliphatic rings. The molecule has 1 N–H and O–H groups in total. The van der Waals surface area contributed by atoms with Crippen LogP contribution in [0, 0.1) is 0 Å². The highest BCUT2D eigenvalue weighted by Crippen LogP contribution is 2.33. The van der Waals surface area contributed by atoms with Crippen LogP contribution in [0.1, 0.15) is 32.1 Å². The van der Waals surface area contributed by atoms with E-state index in [0.717, 1.165) is 6.42 Å². The fourth-order valence-corrected chi connectivity index (χ4v) is 1.76. The third-order valence-corrected chi connectivity index (χ3v) is 2.56. The summed E-state index contributed by atoms with van der Waals surface area (Å²) in [6, 6.07) is 0. The van der Waals surface area contributed by atoms with Crippen molar-refractivity contribution in [3.63, 3.8) is 0 Å². The Bertz CT molecular complexity index is 231. The number of alkyl halides is 3. The van der Waals surface area contributed by atoms with E-state index in [9.17, 15) is 18.0 Å². The monoisotopic (exact) mass is 226 g/mol. The largest absolute Gasteiger partial charge is 0.479 e. The highest BCUT2D eigenvalue weighted by Gasteiger charge is 2.43. The molecular formula is C9H13F3O3. The van der Waals surface area contributed by atoms with Crippen molar-refractivity contribution >= 4 is 5.97 Å². The van der Waals surface area contributed by atoms with Crippen molar-refractivity contribution in [2.75, 3.05) is 6.61 Å². The van der Waals surface area contributed by atoms with Gasteiger partial charge in [0.25, 0.3) is 0 Å². The molecule has 0 radical (unpaired) electrons. The number of rotatable bonds is 3. The third-order valence-electron chi connectivity index (χ3n) is 2.56. The Kier molecular flexibility index (Phi) is 3.59. The van der Waals surface area contributed by atoms with Crippen LogP contribution >= 0.6 is 0 Å². The van der Waals surface area contributed by atoms with Crippen molar-refractivity contribution in [1.82, 2.24) is 0 Å². The minimum absolute atomic E-state index is 0.165. The van der Waals surface area contributed by atoms with Crippen LogP contribution in [0.4, 0.5) is 13.2 Å². The van der Waals surface area contributed by atoms with Crippen molar-refractivity contribution in [3.05, 3.63) is 0 Å². The maximum atomic E-state index is 11.9. The lowest BCUT2D eigenvalue weighted by atomic mass is 9.85. The zero-order chi connectivity index (χ0) is 11.5. The van der Waals surface area contributed by atoms with Gasteiger partial charge in [0.15, 0.2) is 5.60 Å². The first-order valence-electron chi connectivity index (χ1n) is 4.80. The van der Waals surface area contributed by atoms with Gasteiger partial charge >= 0.3 is 12.1 Å². The molecule has 0 amide bonds. The summed E-state index contributed by atoms with van der Waals surface area (Å²) in [4.78, 5) is 10.9. The van der Waals surface area contributed by atoms with Crippen LogP contribution in [0.5, 0.6) is 0 Å². The molecule has 1 aliphatic carbocycles. The van der Waals surface area contributed by atoms with E-state index in [4.69, 9.17) is 5.11 Å². The summed E-state index contributed by atoms with van der Waals surface area (Å²) in [6.07, 6.45) is -2.09. The summed E-state index contributed by atoms with van der Waals surface area (Å²) in [6.45, 7) is -1.49. The molecule has 1 fully saturated rings. The van der Waals surface area contributed by atoms with Crippen LogP contribution in [0.2, 0.25) is 0 Å². The van der Waals surface area contributed by atoms with Gasteiger partial charge in [-0.3, -0.25) is 0 Å². The summed E-state index contributed by atoms with van der Waals surface area (Å²) in [5.41, 5.74) is -1.62. The maximum absolute atomic E-state index is 11.9. The predicted octanol–water partition coefficient (Wildman–Crippen LogP) is 2.35. The average molecular weight is 226 g/mol. The van der Waals surface area contributed by atoms with E-state index in [1.807, 2.05) is 0 Å². The molecule has 0 saturated heterocycles. The second kappa shape index (κ2) is 4.38. The molecule has 3 nitrogen and oxygen atoms in total. The van der Waals surface area contributed by atoms with E-state index in [2.05, 4.69) is 4.74 Å². The van der Waals surface area contributed by atoms with E-state index >= 15 is 0 Å². The highest BCUT2D eigenvalue weighted by atomic mass is 19.4. The summed E-state index contributed by atoms with van der Waals surface area (Å²) < 4.78 is 40.4. The van der Waals surface area contributed by atoms with Gasteiger partial charge in [-0.2, -0.15) is 13.2 Å². The highest BCUT2D eigenvalue weighted by molar-refractivity contribution is 5.77. The molecule has 6 heteroatoms. The number of carboxylic acid groups (broad SMARTS) is 1. The number of ether oxygens (including phenoxy) is 1. The molecule has 0 aromatic heterocycles. The van der Waals surface area contributed by atoms with Crippen LogP contribution in [-0.2, 0) is 9.53 Å². The lowest BCUT2D eigenvalue weighted by Gasteiger charge is -2.33. The molecule has 0 unspecified atom stereocenters. The molecular weight excluding hydrogens is 213 g/mol. The van der Waals surface area contributed by atoms with Crippen molar-refractivity contribution < 1.29 is 27.8 Å². The fourth-order valence-electron chi connectivity index (χ4n) is 1.76. The lowest BCUT2D eigenvalue weighted by molar-refractivity contribution is -0.218. The number of carboxylic acids is 1. The quantitative estimate of drug-likeness (QED) is 0.803. The van der Waals surface area contributed by atoms with Gasteiger partial charge in [-0.1, -0.05) is 6.42 Å². The predicted molar refractivity (Wildman–Crippen MR) is 45.5 cm³/mol. The minimum atomic E-state index is -4.47. The van der Waals surface area contributed by atoms with Gasteiger partial charge < -0.3 is 9.84 Å². The molecule has 0 aromatic carbocycles. The topological polar surface area (TPSA) is 46.5 Å². The zero-order valence-corrected chi connectivity index (χ0v) is 8.14. The first-order valence-corrected chi connectivity index (χ1v) is 4.80. The molecule has 1 saturated carbocycles. The van der Waals surface area contributed by atoms with Crippen molar-refractivity contribution in [2.24, 2.45) is 0 Å². The molecule has 0 aliphatic heterocycles. The smallest absolute Gasteiger partial charge is 0.411 e. The van der Waals surface area contributed by atoms with Gasteiger partial charge in [-0.25, -0.2) is 4.79 Å². The molecule has 1 rings (SSSR count). The van der Waals surface area contributed by atoms with Gasteiger partial charge in [-0.05, 0) is 25.7 Å². The number of hydrogen-bond acceptors (Lipinski definition) is 2. The van der Waals surface area contributed by atoms with E-state index in [1.165, 1.54) is 0 Å². The standard InChI is InChI=1S/C9H13F3O3/c10-9(11,12)6-15-8(7(13)14)4-2-1-3-5-8/h1-6H2,(H,13,14). The van der Waals surface area contributed by atoms with Crippen LogP contribution < -0.4 is 0 Å². The second-order valence-electron chi connectivity index (χ2n) is 3.76. The van der Waals surface area contributed by atoms with Gasteiger partial charge in [0, 0.05) is 0 Å². The van der Waals surface area contributed by atoms with Crippen LogP contribution in [0.15, 0.2) is 0 Å². The van der Waals surface area contributed by atoms with Gasteiger partial charge in [-0.15, -0.1) is 0 Å². The second-order valence-corrected chi connectivity index (χ2v) is 3.76. The third kappa shape index (κ3) is 3.37. The van der Waals surface area contributed by atoms with Gasteiger partial charge in [0.2, 0.25) is 0 Å². The van der Waals surface area contributed by atoms with E-state index in [-0.39, 0.29) is 12.8 Å². The normalized spacial score (nSPS) is 21.3. The van der Waals surface area contributed by atoms with Crippen LogP contribution in [0.25, 0.3) is 0 Å². The van der Waals surface area contributed by atoms with Gasteiger partial charge in [0.1, 0.15) is 6.61 Å². The van der Waals surface area contributed by atoms with E-state index in [0.29, 0.717) is 12.8 Å². The Morgan fingerprint density at radius 1 is 1.27 bits per heavy atom. The molecule has 0 spiro atoms. The molecule has 0 aromatic rings. The van der Waals surface area contributed by atoms with Crippen LogP contribution in [-0.4, -0.2) is 29.5 Å². The molecule has 88 valence electrons. The number of aliphatic carboxylic acids is 1. The SMILES string of the molecule is O=C(O)C1(OCC(F)(F)F)CCCCC1. The first-order chi connectivity index (χ1) is 6.86. The number of hydrogen-bond donors (Lipinski definition) is 1. The fraction of sp³-hybridized carbons (Fsp3) is 0.889. The number of halogens is 3. The van der Waals surface area contributed by atoms with Crippen LogP contribution in [0.3, 0.4) is 0 Å². The summed E-state index contributed by atoms with van der Waals surface area (Å²) in [5.74, 6) is -1.29. The van der Waals surface area contributed by atoms with E-state index in [1.54, 1.807) is 0 Å². The summed E-state index contributed by atoms with van der Waals surface area (Å²) in [5, 5.41) is 8.89.